The molecule has 0 fully saturated rings. The van der Waals surface area contributed by atoms with Crippen LogP contribution < -0.4 is 20.6 Å². The SMILES string of the molecule is Cc1cc2c(cc1N1c3cc4c(cc3B3c5c(cc(C(C)(C)C)cc51)-c1cccc5c1N3c1ccccc1S5)Sc1ccccc1S4)C(C)(C)CCC2(C)C. The van der Waals surface area contributed by atoms with Crippen molar-refractivity contribution in [1.82, 2.24) is 0 Å². The van der Waals surface area contributed by atoms with Gasteiger partial charge in [0.05, 0.1) is 5.69 Å². The van der Waals surface area contributed by atoms with Crippen molar-refractivity contribution < 1.29 is 0 Å². The molecule has 0 atom stereocenters. The van der Waals surface area contributed by atoms with Crippen LogP contribution in [-0.2, 0) is 16.2 Å². The average Bonchev–Trinajstić information content (AvgIpc) is 3.15. The Morgan fingerprint density at radius 3 is 1.89 bits per heavy atom. The van der Waals surface area contributed by atoms with E-state index in [2.05, 4.69) is 168 Å². The monoisotopic (exact) mass is 768 g/mol. The lowest BCUT2D eigenvalue weighted by atomic mass is 9.43. The highest BCUT2D eigenvalue weighted by atomic mass is 32.2. The molecule has 0 aromatic heterocycles. The first-order chi connectivity index (χ1) is 26.3. The Hall–Kier alpha value is -3.97. The molecule has 0 N–H and O–H groups in total. The summed E-state index contributed by atoms with van der Waals surface area (Å²) < 4.78 is 0. The van der Waals surface area contributed by atoms with Gasteiger partial charge < -0.3 is 9.71 Å². The molecular formula is C49H45BN2S3. The molecule has 0 saturated carbocycles. The fourth-order valence-electron chi connectivity index (χ4n) is 9.84. The Kier molecular flexibility index (Phi) is 7.21. The van der Waals surface area contributed by atoms with Gasteiger partial charge in [0, 0.05) is 57.7 Å². The number of aryl methyl sites for hydroxylation is 1. The first kappa shape index (κ1) is 34.3. The smallest absolute Gasteiger partial charge is 0.333 e. The van der Waals surface area contributed by atoms with Gasteiger partial charge in [0.15, 0.2) is 0 Å². The molecule has 0 spiro atoms. The number of nitrogens with zero attached hydrogens (tertiary/aromatic N) is 2. The van der Waals surface area contributed by atoms with E-state index < -0.39 is 0 Å². The third-order valence-electron chi connectivity index (χ3n) is 13.0. The molecular weight excluding hydrogens is 724 g/mol. The van der Waals surface area contributed by atoms with Crippen LogP contribution >= 0.6 is 35.3 Å². The number of fused-ring (bicyclic) bond motifs is 9. The topological polar surface area (TPSA) is 6.48 Å². The van der Waals surface area contributed by atoms with Crippen LogP contribution in [0.2, 0.25) is 0 Å². The maximum atomic E-state index is 2.71. The predicted molar refractivity (Wildman–Crippen MR) is 238 cm³/mol. The lowest BCUT2D eigenvalue weighted by Gasteiger charge is -2.49. The molecule has 1 aliphatic carbocycles. The van der Waals surface area contributed by atoms with Crippen molar-refractivity contribution in [3.8, 4) is 11.1 Å². The molecule has 4 aliphatic heterocycles. The summed E-state index contributed by atoms with van der Waals surface area (Å²) >= 11 is 5.78. The third-order valence-corrected chi connectivity index (χ3v) is 16.6. The van der Waals surface area contributed by atoms with Gasteiger partial charge in [-0.15, -0.1) is 0 Å². The van der Waals surface area contributed by atoms with E-state index in [0.29, 0.717) is 0 Å². The minimum Gasteiger partial charge on any atom is -0.374 e. The molecule has 4 heterocycles. The van der Waals surface area contributed by atoms with Crippen molar-refractivity contribution in [3.63, 3.8) is 0 Å². The number of rotatable bonds is 1. The van der Waals surface area contributed by atoms with Crippen molar-refractivity contribution in [2.75, 3.05) is 9.71 Å². The third kappa shape index (κ3) is 4.93. The van der Waals surface area contributed by atoms with Gasteiger partial charge in [-0.1, -0.05) is 132 Å². The zero-order valence-corrected chi connectivity index (χ0v) is 35.4. The van der Waals surface area contributed by atoms with Crippen molar-refractivity contribution in [2.24, 2.45) is 0 Å². The van der Waals surface area contributed by atoms with E-state index in [1.807, 2.05) is 35.3 Å². The van der Waals surface area contributed by atoms with Crippen molar-refractivity contribution in [1.29, 1.82) is 0 Å². The molecule has 0 unspecified atom stereocenters. The van der Waals surface area contributed by atoms with Crippen LogP contribution in [0, 0.1) is 6.92 Å². The minimum absolute atomic E-state index is 0.0161. The molecule has 5 aliphatic rings. The average molecular weight is 769 g/mol. The second-order valence-electron chi connectivity index (χ2n) is 18.5. The molecule has 11 rings (SSSR count). The second-order valence-corrected chi connectivity index (χ2v) is 21.7. The lowest BCUT2D eigenvalue weighted by Crippen LogP contribution is -2.62. The van der Waals surface area contributed by atoms with Crippen molar-refractivity contribution in [2.45, 2.75) is 114 Å². The van der Waals surface area contributed by atoms with Gasteiger partial charge in [0.25, 0.3) is 0 Å². The van der Waals surface area contributed by atoms with Gasteiger partial charge in [-0.25, -0.2) is 0 Å². The number of hydrogen-bond acceptors (Lipinski definition) is 5. The van der Waals surface area contributed by atoms with E-state index in [1.54, 1.807) is 0 Å². The number of hydrogen-bond donors (Lipinski definition) is 0. The highest BCUT2D eigenvalue weighted by molar-refractivity contribution is 8.05. The number of para-hydroxylation sites is 2. The summed E-state index contributed by atoms with van der Waals surface area (Å²) in [5, 5.41) is 0. The highest BCUT2D eigenvalue weighted by Gasteiger charge is 2.49. The van der Waals surface area contributed by atoms with E-state index in [-0.39, 0.29) is 23.1 Å². The van der Waals surface area contributed by atoms with E-state index >= 15 is 0 Å². The van der Waals surface area contributed by atoms with Gasteiger partial charge in [-0.2, -0.15) is 0 Å². The summed E-state index contributed by atoms with van der Waals surface area (Å²) in [5.41, 5.74) is 18.0. The first-order valence-corrected chi connectivity index (χ1v) is 22.2. The van der Waals surface area contributed by atoms with Crippen molar-refractivity contribution >= 4 is 81.5 Å². The van der Waals surface area contributed by atoms with Crippen LogP contribution in [0.5, 0.6) is 0 Å². The van der Waals surface area contributed by atoms with Gasteiger partial charge in [0.2, 0.25) is 0 Å². The van der Waals surface area contributed by atoms with Gasteiger partial charge in [0.1, 0.15) is 0 Å². The van der Waals surface area contributed by atoms with Crippen molar-refractivity contribution in [3.05, 3.63) is 125 Å². The molecule has 6 heteroatoms. The Bertz CT molecular complexity index is 2670. The quantitative estimate of drug-likeness (QED) is 0.153. The molecule has 2 nitrogen and oxygen atoms in total. The summed E-state index contributed by atoms with van der Waals surface area (Å²) in [6, 6.07) is 40.3. The molecule has 0 radical (unpaired) electrons. The molecule has 55 heavy (non-hydrogen) atoms. The Balaban J connectivity index is 1.27. The van der Waals surface area contributed by atoms with Crippen LogP contribution in [0.15, 0.2) is 133 Å². The summed E-state index contributed by atoms with van der Waals surface area (Å²) in [7, 11) is 0. The lowest BCUT2D eigenvalue weighted by molar-refractivity contribution is 0.332. The zero-order valence-electron chi connectivity index (χ0n) is 32.9. The Morgan fingerprint density at radius 2 is 1.18 bits per heavy atom. The summed E-state index contributed by atoms with van der Waals surface area (Å²) in [6.07, 6.45) is 2.40. The first-order valence-electron chi connectivity index (χ1n) is 19.7. The molecule has 0 saturated heterocycles. The maximum Gasteiger partial charge on any atom is 0.333 e. The molecule has 0 bridgehead atoms. The van der Waals surface area contributed by atoms with E-state index in [9.17, 15) is 0 Å². The minimum atomic E-state index is -0.0384. The number of benzene rings is 6. The molecule has 6 aromatic carbocycles. The fraction of sp³-hybridized carbons (Fsp3) is 0.265. The zero-order chi connectivity index (χ0) is 37.8. The van der Waals surface area contributed by atoms with E-state index in [4.69, 9.17) is 0 Å². The van der Waals surface area contributed by atoms with Crippen LogP contribution in [0.1, 0.15) is 83.6 Å². The van der Waals surface area contributed by atoms with Crippen LogP contribution in [0.25, 0.3) is 11.1 Å². The Labute approximate surface area is 339 Å². The summed E-state index contributed by atoms with van der Waals surface area (Å²) in [5.74, 6) is 0. The van der Waals surface area contributed by atoms with E-state index in [1.165, 1.54) is 115 Å². The largest absolute Gasteiger partial charge is 0.374 e. The number of anilines is 5. The van der Waals surface area contributed by atoms with Crippen LogP contribution in [0.4, 0.5) is 28.4 Å². The fourth-order valence-corrected chi connectivity index (χ4v) is 13.2. The van der Waals surface area contributed by atoms with Gasteiger partial charge in [-0.3, -0.25) is 0 Å². The summed E-state index contributed by atoms with van der Waals surface area (Å²) in [6.45, 7) is 19.3. The maximum absolute atomic E-state index is 2.71. The highest BCUT2D eigenvalue weighted by Crippen LogP contribution is 2.58. The van der Waals surface area contributed by atoms with Gasteiger partial charge >= 0.3 is 6.85 Å². The standard InChI is InChI=1S/C49H45BN2S3/c1-28-22-32-33(49(7,8)21-20-48(32,5)6)25-36(28)51-37-27-44-43(54-40-17-11-12-18-41(40)55-44)26-34(37)50-45-31(23-29(24-38(45)51)47(2,3)4)30-14-13-19-42-46(30)52(50)35-15-9-10-16-39(35)53-42/h9-19,22-27H,20-21H2,1-8H3. The molecule has 272 valence electrons. The van der Waals surface area contributed by atoms with Crippen LogP contribution in [-0.4, -0.2) is 6.85 Å². The molecule has 0 amide bonds. The predicted octanol–water partition coefficient (Wildman–Crippen LogP) is 13.4. The molecule has 6 aromatic rings. The normalized spacial score (nSPS) is 17.6. The van der Waals surface area contributed by atoms with Gasteiger partial charge in [-0.05, 0) is 129 Å². The van der Waals surface area contributed by atoms with Crippen LogP contribution in [0.3, 0.4) is 0 Å². The second kappa shape index (κ2) is 11.6. The Morgan fingerprint density at radius 1 is 0.564 bits per heavy atom. The van der Waals surface area contributed by atoms with E-state index in [0.717, 1.165) is 0 Å². The summed E-state index contributed by atoms with van der Waals surface area (Å²) in [4.78, 5) is 13.4.